The van der Waals surface area contributed by atoms with Crippen molar-refractivity contribution >= 4 is 27.8 Å². The van der Waals surface area contributed by atoms with Crippen LogP contribution in [0.1, 0.15) is 19.3 Å². The van der Waals surface area contributed by atoms with E-state index in [0.29, 0.717) is 6.42 Å². The maximum absolute atomic E-state index is 12.2. The number of carbonyl (C=O) groups is 1. The molecule has 0 radical (unpaired) electrons. The summed E-state index contributed by atoms with van der Waals surface area (Å²) >= 11 is 0. The highest BCUT2D eigenvalue weighted by Gasteiger charge is 2.21. The van der Waals surface area contributed by atoms with Gasteiger partial charge in [-0.15, -0.1) is 5.10 Å². The van der Waals surface area contributed by atoms with Gasteiger partial charge >= 0.3 is 0 Å². The molecule has 1 aliphatic rings. The molecule has 126 valence electrons. The number of anilines is 2. The smallest absolute Gasteiger partial charge is 0.264 e. The van der Waals surface area contributed by atoms with Gasteiger partial charge in [0, 0.05) is 5.92 Å². The molecule has 3 N–H and O–H groups in total. The second-order valence-corrected chi connectivity index (χ2v) is 7.08. The number of aromatic nitrogens is 3. The minimum absolute atomic E-state index is 0.106. The molecule has 1 aromatic carbocycles. The first-order valence-corrected chi connectivity index (χ1v) is 8.99. The first kappa shape index (κ1) is 16.2. The van der Waals surface area contributed by atoms with Crippen molar-refractivity contribution in [2.45, 2.75) is 24.2 Å². The van der Waals surface area contributed by atoms with Crippen LogP contribution in [-0.4, -0.2) is 29.5 Å². The summed E-state index contributed by atoms with van der Waals surface area (Å²) in [7, 11) is -3.77. The number of sulfonamides is 1. The van der Waals surface area contributed by atoms with Crippen molar-refractivity contribution < 1.29 is 13.2 Å². The van der Waals surface area contributed by atoms with Crippen molar-refractivity contribution in [3.63, 3.8) is 0 Å². The summed E-state index contributed by atoms with van der Waals surface area (Å²) < 4.78 is 26.6. The van der Waals surface area contributed by atoms with Crippen molar-refractivity contribution in [2.24, 2.45) is 5.92 Å². The fraction of sp³-hybridized carbons (Fsp3) is 0.267. The molecule has 0 saturated carbocycles. The molecule has 24 heavy (non-hydrogen) atoms. The second kappa shape index (κ2) is 6.83. The molecular formula is C15H17N5O3S. The van der Waals surface area contributed by atoms with E-state index in [4.69, 9.17) is 0 Å². The fourth-order valence-electron chi connectivity index (χ4n) is 2.39. The van der Waals surface area contributed by atoms with E-state index in [0.717, 1.165) is 12.8 Å². The van der Waals surface area contributed by atoms with Crippen LogP contribution in [0.3, 0.4) is 0 Å². The van der Waals surface area contributed by atoms with E-state index in [9.17, 15) is 13.2 Å². The van der Waals surface area contributed by atoms with Crippen LogP contribution in [0.15, 0.2) is 47.4 Å². The maximum atomic E-state index is 12.2. The van der Waals surface area contributed by atoms with Gasteiger partial charge in [0.2, 0.25) is 11.9 Å². The Morgan fingerprint density at radius 1 is 1.21 bits per heavy atom. The fourth-order valence-corrected chi connectivity index (χ4v) is 3.36. The Balaban J connectivity index is 1.65. The Kier molecular flexibility index (Phi) is 4.61. The van der Waals surface area contributed by atoms with Gasteiger partial charge < -0.3 is 0 Å². The molecule has 0 spiro atoms. The third kappa shape index (κ3) is 3.80. The lowest BCUT2D eigenvalue weighted by Gasteiger charge is -2.15. The van der Waals surface area contributed by atoms with E-state index in [1.807, 2.05) is 6.08 Å². The molecule has 1 amide bonds. The number of aromatic amines is 1. The zero-order valence-electron chi connectivity index (χ0n) is 12.8. The summed E-state index contributed by atoms with van der Waals surface area (Å²) in [5.74, 6) is -0.282. The third-order valence-corrected chi connectivity index (χ3v) is 4.99. The van der Waals surface area contributed by atoms with Crippen LogP contribution in [0, 0.1) is 5.92 Å². The van der Waals surface area contributed by atoms with Crippen molar-refractivity contribution in [3.05, 3.63) is 42.5 Å². The summed E-state index contributed by atoms with van der Waals surface area (Å²) in [6.07, 6.45) is 6.37. The largest absolute Gasteiger partial charge is 0.295 e. The van der Waals surface area contributed by atoms with Gasteiger partial charge in [0.25, 0.3) is 16.0 Å². The lowest BCUT2D eigenvalue weighted by Crippen LogP contribution is -2.24. The first-order chi connectivity index (χ1) is 11.5. The van der Waals surface area contributed by atoms with Gasteiger partial charge in [-0.2, -0.15) is 4.98 Å². The molecule has 0 bridgehead atoms. The minimum atomic E-state index is -3.77. The van der Waals surface area contributed by atoms with Crippen LogP contribution in [0.2, 0.25) is 0 Å². The van der Waals surface area contributed by atoms with Gasteiger partial charge in [-0.05, 0) is 31.4 Å². The number of hydrogen-bond donors (Lipinski definition) is 3. The second-order valence-electron chi connectivity index (χ2n) is 5.40. The SMILES string of the molecule is O=C(Nc1nc(NS(=O)(=O)c2ccccc2)n[nH]1)[C@H]1CC=CCC1. The van der Waals surface area contributed by atoms with Crippen LogP contribution in [0.4, 0.5) is 11.9 Å². The Hall–Kier alpha value is -2.68. The topological polar surface area (TPSA) is 117 Å². The van der Waals surface area contributed by atoms with Gasteiger partial charge in [-0.1, -0.05) is 30.4 Å². The summed E-state index contributed by atoms with van der Waals surface area (Å²) in [5, 5.41) is 8.90. The highest BCUT2D eigenvalue weighted by Crippen LogP contribution is 2.20. The average Bonchev–Trinajstić information content (AvgIpc) is 3.02. The molecular weight excluding hydrogens is 330 g/mol. The van der Waals surface area contributed by atoms with Gasteiger partial charge in [0.15, 0.2) is 0 Å². The van der Waals surface area contributed by atoms with Crippen LogP contribution in [0.5, 0.6) is 0 Å². The molecule has 1 aromatic heterocycles. The number of benzene rings is 1. The van der Waals surface area contributed by atoms with Gasteiger partial charge in [-0.25, -0.2) is 18.2 Å². The predicted molar refractivity (Wildman–Crippen MR) is 88.7 cm³/mol. The van der Waals surface area contributed by atoms with E-state index in [2.05, 4.69) is 31.3 Å². The van der Waals surface area contributed by atoms with Gasteiger partial charge in [0.1, 0.15) is 0 Å². The van der Waals surface area contributed by atoms with E-state index >= 15 is 0 Å². The highest BCUT2D eigenvalue weighted by atomic mass is 32.2. The summed E-state index contributed by atoms with van der Waals surface area (Å²) in [4.78, 5) is 16.2. The quantitative estimate of drug-likeness (QED) is 0.714. The Morgan fingerprint density at radius 2 is 2.00 bits per heavy atom. The summed E-state index contributed by atoms with van der Waals surface area (Å²) in [5.41, 5.74) is 0. The Labute approximate surface area is 139 Å². The molecule has 9 heteroatoms. The number of H-pyrrole nitrogens is 1. The molecule has 3 rings (SSSR count). The van der Waals surface area contributed by atoms with E-state index in [-0.39, 0.29) is 28.6 Å². The molecule has 0 aliphatic heterocycles. The van der Waals surface area contributed by atoms with Crippen molar-refractivity contribution in [2.75, 3.05) is 10.0 Å². The third-order valence-electron chi connectivity index (χ3n) is 3.65. The Bertz CT molecular complexity index is 845. The molecule has 8 nitrogen and oxygen atoms in total. The number of allylic oxidation sites excluding steroid dienone is 2. The van der Waals surface area contributed by atoms with Crippen LogP contribution in [0.25, 0.3) is 0 Å². The van der Waals surface area contributed by atoms with E-state index < -0.39 is 10.0 Å². The van der Waals surface area contributed by atoms with Crippen molar-refractivity contribution in [1.29, 1.82) is 0 Å². The number of nitrogens with one attached hydrogen (secondary N) is 3. The van der Waals surface area contributed by atoms with Crippen molar-refractivity contribution in [3.8, 4) is 0 Å². The zero-order chi connectivity index (χ0) is 17.0. The minimum Gasteiger partial charge on any atom is -0.295 e. The zero-order valence-corrected chi connectivity index (χ0v) is 13.6. The molecule has 0 saturated heterocycles. The predicted octanol–water partition coefficient (Wildman–Crippen LogP) is 1.90. The normalized spacial score (nSPS) is 17.4. The summed E-state index contributed by atoms with van der Waals surface area (Å²) in [6.45, 7) is 0. The number of nitrogens with zero attached hydrogens (tertiary/aromatic N) is 2. The lowest BCUT2D eigenvalue weighted by atomic mass is 9.94. The standard InChI is InChI=1S/C15H17N5O3S/c21-13(11-7-3-1-4-8-11)16-14-17-15(19-18-14)20-24(22,23)12-9-5-2-6-10-12/h1-3,5-6,9-11H,4,7-8H2,(H3,16,17,18,19,20,21)/t11-/m0/s1. The molecule has 1 heterocycles. The van der Waals surface area contributed by atoms with Crippen LogP contribution >= 0.6 is 0 Å². The number of carbonyl (C=O) groups excluding carboxylic acids is 1. The van der Waals surface area contributed by atoms with Crippen LogP contribution in [-0.2, 0) is 14.8 Å². The average molecular weight is 347 g/mol. The molecule has 0 unspecified atom stereocenters. The molecule has 0 fully saturated rings. The number of rotatable bonds is 5. The van der Waals surface area contributed by atoms with E-state index in [1.54, 1.807) is 18.2 Å². The molecule has 1 atom stereocenters. The maximum Gasteiger partial charge on any atom is 0.264 e. The lowest BCUT2D eigenvalue weighted by molar-refractivity contribution is -0.120. The number of hydrogen-bond acceptors (Lipinski definition) is 5. The van der Waals surface area contributed by atoms with Gasteiger partial charge in [-0.3, -0.25) is 10.1 Å². The monoisotopic (exact) mass is 347 g/mol. The summed E-state index contributed by atoms with van der Waals surface area (Å²) in [6, 6.07) is 7.90. The first-order valence-electron chi connectivity index (χ1n) is 7.51. The highest BCUT2D eigenvalue weighted by molar-refractivity contribution is 7.92. The van der Waals surface area contributed by atoms with Crippen LogP contribution < -0.4 is 10.0 Å². The molecule has 1 aliphatic carbocycles. The number of amides is 1. The van der Waals surface area contributed by atoms with E-state index in [1.165, 1.54) is 12.1 Å². The molecule has 2 aromatic rings. The van der Waals surface area contributed by atoms with Crippen molar-refractivity contribution in [1.82, 2.24) is 15.2 Å². The Morgan fingerprint density at radius 3 is 2.71 bits per heavy atom. The van der Waals surface area contributed by atoms with Gasteiger partial charge in [0.05, 0.1) is 4.90 Å².